The number of anilines is 2. The van der Waals surface area contributed by atoms with Crippen LogP contribution in [-0.4, -0.2) is 31.1 Å². The second-order valence-electron chi connectivity index (χ2n) is 3.81. The summed E-state index contributed by atoms with van der Waals surface area (Å²) >= 11 is 5.70. The maximum atomic E-state index is 13.1. The lowest BCUT2D eigenvalue weighted by Gasteiger charge is -2.19. The molecule has 0 aliphatic heterocycles. The summed E-state index contributed by atoms with van der Waals surface area (Å²) in [5.74, 6) is -0.488. The number of likely N-dealkylation sites (N-methyl/N-ethyl adjacent to an activating group) is 1. The van der Waals surface area contributed by atoms with E-state index in [0.29, 0.717) is 11.4 Å². The van der Waals surface area contributed by atoms with Crippen molar-refractivity contribution in [2.45, 2.75) is 13.8 Å². The van der Waals surface area contributed by atoms with Gasteiger partial charge in [-0.25, -0.2) is 4.39 Å². The fourth-order valence-corrected chi connectivity index (χ4v) is 1.77. The molecule has 0 amide bonds. The standard InChI is InChI=1S/C12H19ClFN3/c1-3-17(4-2)6-5-16-12-7-9(13)10(14)8-11(12)15/h7-8,16H,3-6,15H2,1-2H3. The van der Waals surface area contributed by atoms with Crippen LogP contribution in [0.1, 0.15) is 13.8 Å². The monoisotopic (exact) mass is 259 g/mol. The van der Waals surface area contributed by atoms with E-state index >= 15 is 0 Å². The van der Waals surface area contributed by atoms with Gasteiger partial charge in [0, 0.05) is 19.2 Å². The summed E-state index contributed by atoms with van der Waals surface area (Å²) in [5.41, 5.74) is 6.76. The molecule has 0 radical (unpaired) electrons. The number of hydrogen-bond acceptors (Lipinski definition) is 3. The zero-order valence-electron chi connectivity index (χ0n) is 10.3. The predicted octanol–water partition coefficient (Wildman–Crippen LogP) is 2.82. The summed E-state index contributed by atoms with van der Waals surface area (Å²) in [6.45, 7) is 7.93. The average Bonchev–Trinajstić information content (AvgIpc) is 2.31. The van der Waals surface area contributed by atoms with Gasteiger partial charge in [0.05, 0.1) is 16.4 Å². The van der Waals surface area contributed by atoms with E-state index in [4.69, 9.17) is 17.3 Å². The zero-order valence-corrected chi connectivity index (χ0v) is 11.0. The van der Waals surface area contributed by atoms with Crippen molar-refractivity contribution >= 4 is 23.0 Å². The first-order valence-corrected chi connectivity index (χ1v) is 6.17. The lowest BCUT2D eigenvalue weighted by molar-refractivity contribution is 0.316. The maximum absolute atomic E-state index is 13.1. The molecule has 0 unspecified atom stereocenters. The second-order valence-corrected chi connectivity index (χ2v) is 4.21. The molecule has 0 atom stereocenters. The molecule has 0 saturated carbocycles. The second kappa shape index (κ2) is 6.67. The van der Waals surface area contributed by atoms with Crippen LogP contribution in [0.15, 0.2) is 12.1 Å². The molecule has 0 aliphatic rings. The highest BCUT2D eigenvalue weighted by Crippen LogP contribution is 2.25. The largest absolute Gasteiger partial charge is 0.397 e. The van der Waals surface area contributed by atoms with Crippen LogP contribution in [0.2, 0.25) is 5.02 Å². The summed E-state index contributed by atoms with van der Waals surface area (Å²) in [6, 6.07) is 2.76. The number of rotatable bonds is 6. The van der Waals surface area contributed by atoms with E-state index in [0.717, 1.165) is 26.2 Å². The molecule has 17 heavy (non-hydrogen) atoms. The number of nitrogens with two attached hydrogens (primary N) is 1. The molecule has 0 heterocycles. The number of nitrogens with zero attached hydrogens (tertiary/aromatic N) is 1. The first-order chi connectivity index (χ1) is 8.08. The van der Waals surface area contributed by atoms with Gasteiger partial charge < -0.3 is 16.0 Å². The van der Waals surface area contributed by atoms with Crippen LogP contribution < -0.4 is 11.1 Å². The molecule has 3 nitrogen and oxygen atoms in total. The Morgan fingerprint density at radius 2 is 2.00 bits per heavy atom. The van der Waals surface area contributed by atoms with E-state index in [-0.39, 0.29) is 5.02 Å². The van der Waals surface area contributed by atoms with Crippen LogP contribution in [0.4, 0.5) is 15.8 Å². The minimum absolute atomic E-state index is 0.0875. The first kappa shape index (κ1) is 14.1. The Hall–Kier alpha value is -1.00. The van der Waals surface area contributed by atoms with Gasteiger partial charge in [-0.1, -0.05) is 25.4 Å². The molecule has 1 aromatic rings. The fourth-order valence-electron chi connectivity index (χ4n) is 1.60. The summed E-state index contributed by atoms with van der Waals surface area (Å²) < 4.78 is 13.1. The van der Waals surface area contributed by atoms with E-state index < -0.39 is 5.82 Å². The van der Waals surface area contributed by atoms with Crippen LogP contribution in [0.3, 0.4) is 0 Å². The number of nitrogen functional groups attached to an aromatic ring is 1. The molecular formula is C12H19ClFN3. The Morgan fingerprint density at radius 1 is 1.35 bits per heavy atom. The third-order valence-electron chi connectivity index (χ3n) is 2.73. The molecule has 1 rings (SSSR count). The van der Waals surface area contributed by atoms with Gasteiger partial charge >= 0.3 is 0 Å². The summed E-state index contributed by atoms with van der Waals surface area (Å²) in [5, 5.41) is 3.25. The highest BCUT2D eigenvalue weighted by Gasteiger charge is 2.06. The molecule has 0 bridgehead atoms. The van der Waals surface area contributed by atoms with Gasteiger partial charge in [-0.15, -0.1) is 0 Å². The number of hydrogen-bond donors (Lipinski definition) is 2. The van der Waals surface area contributed by atoms with Crippen LogP contribution in [-0.2, 0) is 0 Å². The van der Waals surface area contributed by atoms with Crippen molar-refractivity contribution in [1.82, 2.24) is 4.90 Å². The van der Waals surface area contributed by atoms with Gasteiger partial charge in [0.1, 0.15) is 5.82 Å². The molecule has 0 aliphatic carbocycles. The van der Waals surface area contributed by atoms with Crippen molar-refractivity contribution in [2.75, 3.05) is 37.2 Å². The van der Waals surface area contributed by atoms with E-state index in [2.05, 4.69) is 24.1 Å². The molecule has 0 saturated heterocycles. The SMILES string of the molecule is CCN(CC)CCNc1cc(Cl)c(F)cc1N. The van der Waals surface area contributed by atoms with Crippen LogP contribution >= 0.6 is 11.6 Å². The number of halogens is 2. The van der Waals surface area contributed by atoms with Crippen LogP contribution in [0.25, 0.3) is 0 Å². The highest BCUT2D eigenvalue weighted by molar-refractivity contribution is 6.31. The third-order valence-corrected chi connectivity index (χ3v) is 3.02. The van der Waals surface area contributed by atoms with Gasteiger partial charge in [-0.3, -0.25) is 0 Å². The molecule has 1 aromatic carbocycles. The normalized spacial score (nSPS) is 10.9. The number of benzene rings is 1. The number of nitrogens with one attached hydrogen (secondary N) is 1. The predicted molar refractivity (Wildman–Crippen MR) is 72.1 cm³/mol. The Bertz CT molecular complexity index is 367. The minimum Gasteiger partial charge on any atom is -0.397 e. The molecular weight excluding hydrogens is 241 g/mol. The fraction of sp³-hybridized carbons (Fsp3) is 0.500. The van der Waals surface area contributed by atoms with E-state index in [1.54, 1.807) is 0 Å². The Morgan fingerprint density at radius 3 is 2.59 bits per heavy atom. The highest BCUT2D eigenvalue weighted by atomic mass is 35.5. The van der Waals surface area contributed by atoms with Gasteiger partial charge in [-0.05, 0) is 19.2 Å². The zero-order chi connectivity index (χ0) is 12.8. The van der Waals surface area contributed by atoms with Crippen molar-refractivity contribution < 1.29 is 4.39 Å². The average molecular weight is 260 g/mol. The molecule has 0 spiro atoms. The van der Waals surface area contributed by atoms with E-state index in [1.165, 1.54) is 12.1 Å². The van der Waals surface area contributed by atoms with Crippen molar-refractivity contribution in [3.63, 3.8) is 0 Å². The Kier molecular flexibility index (Phi) is 5.51. The van der Waals surface area contributed by atoms with E-state index in [9.17, 15) is 4.39 Å². The van der Waals surface area contributed by atoms with Crippen molar-refractivity contribution in [2.24, 2.45) is 0 Å². The molecule has 5 heteroatoms. The van der Waals surface area contributed by atoms with Crippen molar-refractivity contribution in [1.29, 1.82) is 0 Å². The third kappa shape index (κ3) is 4.06. The smallest absolute Gasteiger partial charge is 0.143 e. The van der Waals surface area contributed by atoms with Crippen molar-refractivity contribution in [3.8, 4) is 0 Å². The first-order valence-electron chi connectivity index (χ1n) is 5.79. The summed E-state index contributed by atoms with van der Waals surface area (Å²) in [4.78, 5) is 2.29. The lowest BCUT2D eigenvalue weighted by atomic mass is 10.2. The minimum atomic E-state index is -0.488. The van der Waals surface area contributed by atoms with Gasteiger partial charge in [0.15, 0.2) is 0 Å². The molecule has 96 valence electrons. The Labute approximate surface area is 107 Å². The van der Waals surface area contributed by atoms with Gasteiger partial charge in [0.25, 0.3) is 0 Å². The Balaban J connectivity index is 2.55. The summed E-state index contributed by atoms with van der Waals surface area (Å²) in [6.07, 6.45) is 0. The maximum Gasteiger partial charge on any atom is 0.143 e. The van der Waals surface area contributed by atoms with Gasteiger partial charge in [0.2, 0.25) is 0 Å². The van der Waals surface area contributed by atoms with Crippen LogP contribution in [0.5, 0.6) is 0 Å². The molecule has 3 N–H and O–H groups in total. The van der Waals surface area contributed by atoms with Crippen molar-refractivity contribution in [3.05, 3.63) is 23.0 Å². The summed E-state index contributed by atoms with van der Waals surface area (Å²) in [7, 11) is 0. The topological polar surface area (TPSA) is 41.3 Å². The molecule has 0 fully saturated rings. The lowest BCUT2D eigenvalue weighted by Crippen LogP contribution is -2.28. The van der Waals surface area contributed by atoms with Crippen LogP contribution in [0, 0.1) is 5.82 Å². The van der Waals surface area contributed by atoms with E-state index in [1.807, 2.05) is 0 Å². The molecule has 0 aromatic heterocycles. The van der Waals surface area contributed by atoms with Gasteiger partial charge in [-0.2, -0.15) is 0 Å². The quantitative estimate of drug-likeness (QED) is 0.772.